The lowest BCUT2D eigenvalue weighted by molar-refractivity contribution is -0.336. The highest BCUT2D eigenvalue weighted by molar-refractivity contribution is 5.91. The van der Waals surface area contributed by atoms with Crippen molar-refractivity contribution in [1.82, 2.24) is 0 Å². The average molecular weight is 803 g/mol. The monoisotopic (exact) mass is 802 g/mol. The SMILES string of the molecule is C=C1C[C@@]2(O)C3CC[C@]4(C)C(CC[C@@]5(C(C)OC(=O)c6ccccc6C(F)(F)F)COC(=O)C=C[C@H]54)[C@@]3(C)[C@H](OC(C)=O)[C@H](OC(C)=O)[C@@]2(C)[C@]2(C(=O)OC)O[C@H]12. The van der Waals surface area contributed by atoms with Gasteiger partial charge in [0, 0.05) is 37.2 Å². The van der Waals surface area contributed by atoms with E-state index in [-0.39, 0.29) is 25.9 Å². The first-order chi connectivity index (χ1) is 26.5. The van der Waals surface area contributed by atoms with Crippen LogP contribution in [0, 0.1) is 39.4 Å². The van der Waals surface area contributed by atoms with Gasteiger partial charge in [0.2, 0.25) is 5.60 Å². The molecule has 57 heavy (non-hydrogen) atoms. The Labute approximate surface area is 328 Å². The number of fused-ring (bicyclic) bond motifs is 9. The molecule has 3 unspecified atom stereocenters. The minimum atomic E-state index is -4.82. The number of carbonyl (C=O) groups is 5. The van der Waals surface area contributed by atoms with Crippen LogP contribution in [0.15, 0.2) is 48.6 Å². The zero-order valence-electron chi connectivity index (χ0n) is 33.0. The smallest absolute Gasteiger partial charge is 0.417 e. The van der Waals surface area contributed by atoms with E-state index in [9.17, 15) is 42.3 Å². The van der Waals surface area contributed by atoms with Crippen molar-refractivity contribution in [2.75, 3.05) is 13.7 Å². The van der Waals surface area contributed by atoms with Gasteiger partial charge >= 0.3 is 36.0 Å². The van der Waals surface area contributed by atoms with E-state index in [1.165, 1.54) is 39.2 Å². The maximum Gasteiger partial charge on any atom is 0.417 e. The Balaban J connectivity index is 1.36. The second-order valence-electron chi connectivity index (χ2n) is 17.6. The molecule has 1 aromatic rings. The summed E-state index contributed by atoms with van der Waals surface area (Å²) in [5.41, 5.74) is -9.88. The summed E-state index contributed by atoms with van der Waals surface area (Å²) < 4.78 is 77.4. The summed E-state index contributed by atoms with van der Waals surface area (Å²) in [6.45, 7) is 13.5. The topological polar surface area (TPSA) is 164 Å². The van der Waals surface area contributed by atoms with E-state index in [1.807, 2.05) is 13.8 Å². The van der Waals surface area contributed by atoms with Gasteiger partial charge in [0.05, 0.1) is 29.3 Å². The number of alkyl halides is 3. The highest BCUT2D eigenvalue weighted by Crippen LogP contribution is 2.78. The number of esters is 5. The minimum Gasteiger partial charge on any atom is -0.467 e. The summed E-state index contributed by atoms with van der Waals surface area (Å²) in [6.07, 6.45) is -5.24. The van der Waals surface area contributed by atoms with Crippen LogP contribution in [-0.2, 0) is 53.8 Å². The molecule has 4 saturated carbocycles. The molecule has 5 fully saturated rings. The van der Waals surface area contributed by atoms with Crippen molar-refractivity contribution >= 4 is 29.8 Å². The summed E-state index contributed by atoms with van der Waals surface area (Å²) in [4.78, 5) is 66.6. The van der Waals surface area contributed by atoms with Gasteiger partial charge < -0.3 is 33.5 Å². The molecule has 1 saturated heterocycles. The van der Waals surface area contributed by atoms with E-state index in [4.69, 9.17) is 28.4 Å². The lowest BCUT2D eigenvalue weighted by Gasteiger charge is -2.73. The lowest BCUT2D eigenvalue weighted by Crippen LogP contribution is -2.82. The highest BCUT2D eigenvalue weighted by Gasteiger charge is 2.90. The van der Waals surface area contributed by atoms with Gasteiger partial charge in [0.25, 0.3) is 0 Å². The number of aliphatic hydroxyl groups is 1. The fourth-order valence-electron chi connectivity index (χ4n) is 12.8. The molecule has 7 rings (SSSR count). The summed E-state index contributed by atoms with van der Waals surface area (Å²) in [5.74, 6) is -5.88. The number of rotatable bonds is 6. The predicted molar refractivity (Wildman–Crippen MR) is 192 cm³/mol. The van der Waals surface area contributed by atoms with Crippen LogP contribution in [0.1, 0.15) is 89.6 Å². The number of hydrogen-bond donors (Lipinski definition) is 1. The third-order valence-corrected chi connectivity index (χ3v) is 15.2. The number of benzene rings is 1. The molecule has 12 nitrogen and oxygen atoms in total. The molecule has 4 aliphatic carbocycles. The summed E-state index contributed by atoms with van der Waals surface area (Å²) in [7, 11) is 1.19. The standard InChI is InChI=1S/C42H49F3O12/c1-21-19-40(51)29-15-17-36(5)27(37(29,6)32(55-23(3)46)33(56-24(4)47)38(40,7)41(31(21)57-41)35(50)52-8)16-18-39(20-53-30(48)14-13-28(36)39)22(2)54-34(49)25-11-9-10-12-26(25)42(43,44)45/h9-14,22,27-29,31-33,51H,1,15-20H2,2-8H3/t22?,27?,28-,29?,31+,32+,33-,36+,37+,38+,39-,40+,41-/m0/s1. The molecule has 0 spiro atoms. The van der Waals surface area contributed by atoms with Crippen molar-refractivity contribution in [3.05, 3.63) is 59.7 Å². The van der Waals surface area contributed by atoms with Crippen molar-refractivity contribution in [2.45, 2.75) is 115 Å². The van der Waals surface area contributed by atoms with Gasteiger partial charge in [-0.2, -0.15) is 13.2 Å². The first-order valence-corrected chi connectivity index (χ1v) is 19.2. The number of methoxy groups -OCH3 is 1. The Morgan fingerprint density at radius 3 is 2.25 bits per heavy atom. The molecule has 310 valence electrons. The third kappa shape index (κ3) is 5.42. The Kier molecular flexibility index (Phi) is 9.43. The molecule has 0 radical (unpaired) electrons. The predicted octanol–water partition coefficient (Wildman–Crippen LogP) is 5.68. The van der Waals surface area contributed by atoms with Crippen LogP contribution in [-0.4, -0.2) is 84.3 Å². The van der Waals surface area contributed by atoms with Crippen LogP contribution in [0.4, 0.5) is 13.2 Å². The number of hydrogen-bond acceptors (Lipinski definition) is 12. The minimum absolute atomic E-state index is 0.0246. The van der Waals surface area contributed by atoms with Crippen molar-refractivity contribution in [3.8, 4) is 0 Å². The van der Waals surface area contributed by atoms with Crippen molar-refractivity contribution in [1.29, 1.82) is 0 Å². The van der Waals surface area contributed by atoms with E-state index in [0.717, 1.165) is 12.1 Å². The largest absolute Gasteiger partial charge is 0.467 e. The molecular formula is C42H49F3O12. The maximum atomic E-state index is 14.0. The van der Waals surface area contributed by atoms with Gasteiger partial charge in [-0.1, -0.05) is 38.6 Å². The van der Waals surface area contributed by atoms with E-state index < -0.39 is 122 Å². The maximum absolute atomic E-state index is 14.0. The second-order valence-corrected chi connectivity index (χ2v) is 17.6. The van der Waals surface area contributed by atoms with E-state index in [0.29, 0.717) is 18.4 Å². The lowest BCUT2D eigenvalue weighted by atomic mass is 9.32. The third-order valence-electron chi connectivity index (χ3n) is 15.2. The normalized spacial score (nSPS) is 42.2. The number of epoxide rings is 1. The average Bonchev–Trinajstić information content (AvgIpc) is 3.93. The number of halogens is 3. The Morgan fingerprint density at radius 2 is 1.61 bits per heavy atom. The van der Waals surface area contributed by atoms with Crippen molar-refractivity contribution < 1.29 is 70.7 Å². The molecule has 1 N–H and O–H groups in total. The fraction of sp³-hybridized carbons (Fsp3) is 0.643. The Hall–Kier alpha value is -4.24. The van der Waals surface area contributed by atoms with Crippen LogP contribution < -0.4 is 0 Å². The quantitative estimate of drug-likeness (QED) is 0.162. The molecule has 1 aromatic carbocycles. The molecule has 6 aliphatic rings. The van der Waals surface area contributed by atoms with Gasteiger partial charge in [-0.25, -0.2) is 14.4 Å². The summed E-state index contributed by atoms with van der Waals surface area (Å²) >= 11 is 0. The van der Waals surface area contributed by atoms with Gasteiger partial charge in [0.15, 0.2) is 6.10 Å². The fourth-order valence-corrected chi connectivity index (χ4v) is 12.8. The molecule has 0 amide bonds. The highest BCUT2D eigenvalue weighted by atomic mass is 19.4. The molecular weight excluding hydrogens is 753 g/mol. The molecule has 2 heterocycles. The van der Waals surface area contributed by atoms with E-state index >= 15 is 0 Å². The van der Waals surface area contributed by atoms with Gasteiger partial charge in [-0.3, -0.25) is 9.59 Å². The molecule has 0 aromatic heterocycles. The van der Waals surface area contributed by atoms with Gasteiger partial charge in [-0.05, 0) is 80.4 Å². The van der Waals surface area contributed by atoms with E-state index in [1.54, 1.807) is 19.9 Å². The Bertz CT molecular complexity index is 1960. The van der Waals surface area contributed by atoms with E-state index in [2.05, 4.69) is 6.58 Å². The van der Waals surface area contributed by atoms with Gasteiger partial charge in [-0.15, -0.1) is 0 Å². The van der Waals surface area contributed by atoms with Crippen molar-refractivity contribution in [3.63, 3.8) is 0 Å². The number of carbonyl (C=O) groups excluding carboxylic acids is 5. The zero-order valence-corrected chi connectivity index (χ0v) is 33.0. The summed E-state index contributed by atoms with van der Waals surface area (Å²) in [5, 5.41) is 13.4. The van der Waals surface area contributed by atoms with Gasteiger partial charge in [0.1, 0.15) is 24.9 Å². The number of cyclic esters (lactones) is 1. The molecule has 13 atom stereocenters. The van der Waals surface area contributed by atoms with Crippen LogP contribution in [0.25, 0.3) is 0 Å². The summed E-state index contributed by atoms with van der Waals surface area (Å²) in [6, 6.07) is 4.35. The molecule has 0 bridgehead atoms. The van der Waals surface area contributed by atoms with Crippen molar-refractivity contribution in [2.24, 2.45) is 39.4 Å². The number of allylic oxidation sites excluding steroid dienone is 1. The molecule has 2 aliphatic heterocycles. The van der Waals surface area contributed by atoms with Crippen LogP contribution in [0.5, 0.6) is 0 Å². The first kappa shape index (κ1) is 40.9. The zero-order chi connectivity index (χ0) is 41.9. The first-order valence-electron chi connectivity index (χ1n) is 19.2. The van der Waals surface area contributed by atoms with Crippen LogP contribution in [0.3, 0.4) is 0 Å². The number of ether oxygens (including phenoxy) is 6. The second kappa shape index (κ2) is 13.1. The Morgan fingerprint density at radius 1 is 0.982 bits per heavy atom. The van der Waals surface area contributed by atoms with Crippen LogP contribution in [0.2, 0.25) is 0 Å². The van der Waals surface area contributed by atoms with Crippen LogP contribution >= 0.6 is 0 Å². The molecule has 15 heteroatoms.